The van der Waals surface area contributed by atoms with Gasteiger partial charge >= 0.3 is 0 Å². The molecule has 2 bridgehead atoms. The zero-order chi connectivity index (χ0) is 17.8. The van der Waals surface area contributed by atoms with Crippen molar-refractivity contribution in [2.24, 2.45) is 22.7 Å². The van der Waals surface area contributed by atoms with Gasteiger partial charge < -0.3 is 14.6 Å². The van der Waals surface area contributed by atoms with Gasteiger partial charge in [-0.3, -0.25) is 9.59 Å². The third-order valence-corrected chi connectivity index (χ3v) is 7.62. The first-order valence-electron chi connectivity index (χ1n) is 9.42. The minimum atomic E-state index is -0.242. The molecule has 1 aromatic rings. The molecule has 0 unspecified atom stereocenters. The summed E-state index contributed by atoms with van der Waals surface area (Å²) in [5.41, 5.74) is 0.450. The van der Waals surface area contributed by atoms with Crippen molar-refractivity contribution in [3.8, 4) is 0 Å². The highest BCUT2D eigenvalue weighted by Gasteiger charge is 2.61. The minimum absolute atomic E-state index is 0.0380. The third kappa shape index (κ3) is 2.51. The Morgan fingerprint density at radius 3 is 2.80 bits per heavy atom. The molecule has 0 radical (unpaired) electrons. The van der Waals surface area contributed by atoms with Gasteiger partial charge in [0, 0.05) is 19.0 Å². The molecule has 2 saturated carbocycles. The first kappa shape index (κ1) is 16.7. The van der Waals surface area contributed by atoms with Crippen LogP contribution >= 0.6 is 0 Å². The second-order valence-corrected chi connectivity index (χ2v) is 8.93. The Balaban J connectivity index is 1.39. The number of fused-ring (bicyclic) bond motifs is 2. The van der Waals surface area contributed by atoms with Crippen LogP contribution in [0.5, 0.6) is 0 Å². The van der Waals surface area contributed by atoms with Gasteiger partial charge in [-0.15, -0.1) is 0 Å². The molecule has 2 heterocycles. The summed E-state index contributed by atoms with van der Waals surface area (Å²) in [6.45, 7) is 7.96. The number of amides is 2. The number of nitrogens with one attached hydrogen (secondary N) is 1. The Morgan fingerprint density at radius 2 is 2.20 bits per heavy atom. The molecule has 2 aliphatic carbocycles. The van der Waals surface area contributed by atoms with Crippen LogP contribution < -0.4 is 5.32 Å². The fourth-order valence-electron chi connectivity index (χ4n) is 5.40. The van der Waals surface area contributed by atoms with Crippen LogP contribution in [0.4, 0.5) is 0 Å². The number of rotatable bonds is 4. The van der Waals surface area contributed by atoms with Crippen molar-refractivity contribution in [3.05, 3.63) is 24.2 Å². The van der Waals surface area contributed by atoms with Crippen LogP contribution in [0, 0.1) is 22.7 Å². The average Bonchev–Trinajstić information content (AvgIpc) is 3.27. The largest absolute Gasteiger partial charge is 0.467 e. The summed E-state index contributed by atoms with van der Waals surface area (Å²) < 4.78 is 5.32. The molecule has 2 amide bonds. The van der Waals surface area contributed by atoms with Crippen molar-refractivity contribution in [1.82, 2.24) is 10.2 Å². The van der Waals surface area contributed by atoms with E-state index in [2.05, 4.69) is 26.1 Å². The molecule has 4 rings (SSSR count). The van der Waals surface area contributed by atoms with Gasteiger partial charge in [0.15, 0.2) is 0 Å². The molecule has 0 aromatic carbocycles. The maximum absolute atomic E-state index is 12.8. The lowest BCUT2D eigenvalue weighted by Crippen LogP contribution is -2.48. The summed E-state index contributed by atoms with van der Waals surface area (Å²) in [6, 6.07) is 3.92. The van der Waals surface area contributed by atoms with E-state index in [-0.39, 0.29) is 34.6 Å². The lowest BCUT2D eigenvalue weighted by Gasteiger charge is -2.39. The molecule has 1 N–H and O–H groups in total. The fourth-order valence-corrected chi connectivity index (χ4v) is 5.40. The Morgan fingerprint density at radius 1 is 1.40 bits per heavy atom. The van der Waals surface area contributed by atoms with Gasteiger partial charge in [-0.1, -0.05) is 20.8 Å². The summed E-state index contributed by atoms with van der Waals surface area (Å²) in [6.07, 6.45) is 5.45. The van der Waals surface area contributed by atoms with E-state index in [9.17, 15) is 9.59 Å². The van der Waals surface area contributed by atoms with E-state index in [0.29, 0.717) is 25.4 Å². The van der Waals surface area contributed by atoms with Crippen LogP contribution in [-0.2, 0) is 16.1 Å². The van der Waals surface area contributed by atoms with E-state index < -0.39 is 0 Å². The van der Waals surface area contributed by atoms with Crippen LogP contribution in [0.1, 0.15) is 52.2 Å². The van der Waals surface area contributed by atoms with Gasteiger partial charge in [-0.2, -0.15) is 0 Å². The normalized spacial score (nSPS) is 36.2. The van der Waals surface area contributed by atoms with Crippen LogP contribution in [0.15, 0.2) is 22.8 Å². The maximum atomic E-state index is 12.8. The number of carbonyl (C=O) groups excluding carboxylic acids is 2. The van der Waals surface area contributed by atoms with Crippen LogP contribution in [0.25, 0.3) is 0 Å². The number of nitrogens with zero attached hydrogens (tertiary/aromatic N) is 1. The van der Waals surface area contributed by atoms with E-state index in [1.165, 1.54) is 12.8 Å². The van der Waals surface area contributed by atoms with E-state index in [4.69, 9.17) is 4.42 Å². The molecular weight excluding hydrogens is 316 g/mol. The first-order valence-corrected chi connectivity index (χ1v) is 9.42. The van der Waals surface area contributed by atoms with Gasteiger partial charge in [0.05, 0.1) is 18.7 Å². The smallest absolute Gasteiger partial charge is 0.225 e. The first-order chi connectivity index (χ1) is 11.8. The monoisotopic (exact) mass is 344 g/mol. The Labute approximate surface area is 149 Å². The fraction of sp³-hybridized carbons (Fsp3) is 0.700. The molecule has 3 aliphatic rings. The zero-order valence-electron chi connectivity index (χ0n) is 15.4. The molecular formula is C20H28N2O3. The number of hydrogen-bond donors (Lipinski definition) is 1. The summed E-state index contributed by atoms with van der Waals surface area (Å²) in [5, 5.41) is 3.31. The van der Waals surface area contributed by atoms with E-state index in [1.54, 1.807) is 11.2 Å². The van der Waals surface area contributed by atoms with Gasteiger partial charge in [0.2, 0.25) is 11.8 Å². The predicted octanol–water partition coefficient (Wildman–Crippen LogP) is 2.96. The molecule has 5 heteroatoms. The third-order valence-electron chi connectivity index (χ3n) is 7.62. The van der Waals surface area contributed by atoms with Crippen molar-refractivity contribution in [2.45, 2.75) is 59.0 Å². The lowest BCUT2D eigenvalue weighted by molar-refractivity contribution is -0.129. The second kappa shape index (κ2) is 5.61. The number of likely N-dealkylation sites (tertiary alicyclic amines) is 1. The predicted molar refractivity (Wildman–Crippen MR) is 93.4 cm³/mol. The number of carbonyl (C=O) groups is 2. The number of furan rings is 1. The quantitative estimate of drug-likeness (QED) is 0.913. The molecule has 1 aliphatic heterocycles. The molecule has 25 heavy (non-hydrogen) atoms. The second-order valence-electron chi connectivity index (χ2n) is 8.93. The highest BCUT2D eigenvalue weighted by Crippen LogP contribution is 2.65. The van der Waals surface area contributed by atoms with Crippen molar-refractivity contribution in [1.29, 1.82) is 0 Å². The van der Waals surface area contributed by atoms with Gasteiger partial charge in [-0.25, -0.2) is 0 Å². The Kier molecular flexibility index (Phi) is 3.74. The van der Waals surface area contributed by atoms with E-state index >= 15 is 0 Å². The maximum Gasteiger partial charge on any atom is 0.225 e. The summed E-state index contributed by atoms with van der Waals surface area (Å²) in [7, 11) is 0. The molecule has 0 spiro atoms. The van der Waals surface area contributed by atoms with Crippen molar-refractivity contribution in [3.63, 3.8) is 0 Å². The van der Waals surface area contributed by atoms with Gasteiger partial charge in [0.1, 0.15) is 5.76 Å². The SMILES string of the molecule is CC1(C)[C@H]2CC[C@@]1(C)[C@@H](NC(=O)[C@@H]1CC(=O)N(Cc3ccco3)C1)C2. The van der Waals surface area contributed by atoms with Crippen molar-refractivity contribution in [2.75, 3.05) is 6.54 Å². The number of hydrogen-bond acceptors (Lipinski definition) is 3. The van der Waals surface area contributed by atoms with Gasteiger partial charge in [0.25, 0.3) is 0 Å². The summed E-state index contributed by atoms with van der Waals surface area (Å²) in [5.74, 6) is 1.30. The van der Waals surface area contributed by atoms with Crippen molar-refractivity contribution < 1.29 is 14.0 Å². The Hall–Kier alpha value is -1.78. The van der Waals surface area contributed by atoms with Crippen molar-refractivity contribution >= 4 is 11.8 Å². The standard InChI is InChI=1S/C20H28N2O3/c1-19(2)14-6-7-20(19,3)16(10-14)21-18(24)13-9-17(23)22(11-13)12-15-5-4-8-25-15/h4-5,8,13-14,16H,6-7,9-12H2,1-3H3,(H,21,24)/t13-,14+,16+,20+/m1/s1. The summed E-state index contributed by atoms with van der Waals surface area (Å²) in [4.78, 5) is 26.8. The summed E-state index contributed by atoms with van der Waals surface area (Å²) >= 11 is 0. The molecule has 136 valence electrons. The minimum Gasteiger partial charge on any atom is -0.467 e. The highest BCUT2D eigenvalue weighted by molar-refractivity contribution is 5.89. The van der Waals surface area contributed by atoms with E-state index in [1.807, 2.05) is 12.1 Å². The Bertz CT molecular complexity index is 681. The molecule has 4 atom stereocenters. The van der Waals surface area contributed by atoms with E-state index in [0.717, 1.165) is 12.2 Å². The zero-order valence-corrected chi connectivity index (χ0v) is 15.4. The van der Waals surface area contributed by atoms with Crippen LogP contribution in [0.2, 0.25) is 0 Å². The van der Waals surface area contributed by atoms with Gasteiger partial charge in [-0.05, 0) is 48.1 Å². The topological polar surface area (TPSA) is 62.6 Å². The highest BCUT2D eigenvalue weighted by atomic mass is 16.3. The average molecular weight is 344 g/mol. The van der Waals surface area contributed by atoms with Crippen LogP contribution in [0.3, 0.4) is 0 Å². The molecule has 1 aromatic heterocycles. The lowest BCUT2D eigenvalue weighted by atomic mass is 9.69. The molecule has 1 saturated heterocycles. The van der Waals surface area contributed by atoms with Crippen LogP contribution in [-0.4, -0.2) is 29.3 Å². The molecule has 5 nitrogen and oxygen atoms in total. The molecule has 3 fully saturated rings.